The van der Waals surface area contributed by atoms with E-state index in [1.165, 1.54) is 23.5 Å². The average Bonchev–Trinajstić information content (AvgIpc) is 3.12. The van der Waals surface area contributed by atoms with Crippen molar-refractivity contribution in [2.24, 2.45) is 0 Å². The minimum absolute atomic E-state index is 0.0627. The summed E-state index contributed by atoms with van der Waals surface area (Å²) in [5.74, 6) is -2.40. The number of hydrogen-bond acceptors (Lipinski definition) is 5. The Balaban J connectivity index is 1.90. The minimum atomic E-state index is -0.908. The van der Waals surface area contributed by atoms with E-state index < -0.39 is 23.7 Å². The fraction of sp³-hybridized carbons (Fsp3) is 0.250. The lowest BCUT2D eigenvalue weighted by atomic mass is 10.2. The highest BCUT2D eigenvalue weighted by molar-refractivity contribution is 7.07. The Morgan fingerprint density at radius 2 is 2.12 bits per heavy atom. The molecule has 0 saturated carbocycles. The van der Waals surface area contributed by atoms with Gasteiger partial charge in [0.1, 0.15) is 11.9 Å². The van der Waals surface area contributed by atoms with Gasteiger partial charge in [-0.05, 0) is 40.6 Å². The van der Waals surface area contributed by atoms with Crippen LogP contribution in [0.5, 0.6) is 0 Å². The number of ether oxygens (including phenoxy) is 1. The van der Waals surface area contributed by atoms with Crippen LogP contribution in [0.3, 0.4) is 0 Å². The average molecular weight is 387 g/mol. The molecule has 0 radical (unpaired) electrons. The molecule has 9 heteroatoms. The minimum Gasteiger partial charge on any atom is -0.394 e. The second-order valence-electron chi connectivity index (χ2n) is 4.93. The zero-order valence-electron chi connectivity index (χ0n) is 13.0. The molecule has 1 atom stereocenters. The molecule has 0 spiro atoms. The van der Waals surface area contributed by atoms with Gasteiger partial charge in [0, 0.05) is 12.2 Å². The van der Waals surface area contributed by atoms with Crippen LogP contribution in [0.1, 0.15) is 11.7 Å². The first-order chi connectivity index (χ1) is 12.0. The summed E-state index contributed by atoms with van der Waals surface area (Å²) in [6.07, 6.45) is -0.476. The molecule has 2 amide bonds. The molecule has 0 aliphatic carbocycles. The maximum absolute atomic E-state index is 13.1. The van der Waals surface area contributed by atoms with E-state index in [0.717, 1.165) is 11.6 Å². The summed E-state index contributed by atoms with van der Waals surface area (Å²) >= 11 is 7.09. The van der Waals surface area contributed by atoms with E-state index in [0.29, 0.717) is 0 Å². The summed E-state index contributed by atoms with van der Waals surface area (Å²) in [6, 6.07) is 5.43. The van der Waals surface area contributed by atoms with E-state index in [4.69, 9.17) is 21.4 Å². The van der Waals surface area contributed by atoms with Gasteiger partial charge in [0.25, 0.3) is 0 Å². The Labute approximate surface area is 152 Å². The Hall–Kier alpha value is -2.00. The zero-order valence-corrected chi connectivity index (χ0v) is 14.6. The van der Waals surface area contributed by atoms with Crippen molar-refractivity contribution in [1.82, 2.24) is 5.32 Å². The van der Waals surface area contributed by atoms with Crippen molar-refractivity contribution < 1.29 is 23.8 Å². The number of benzene rings is 1. The van der Waals surface area contributed by atoms with E-state index in [9.17, 15) is 14.0 Å². The van der Waals surface area contributed by atoms with E-state index in [2.05, 4.69) is 10.6 Å². The van der Waals surface area contributed by atoms with Gasteiger partial charge in [-0.25, -0.2) is 4.39 Å². The second-order valence-corrected chi connectivity index (χ2v) is 6.12. The van der Waals surface area contributed by atoms with Crippen molar-refractivity contribution in [2.45, 2.75) is 6.10 Å². The number of carbonyl (C=O) groups is 2. The lowest BCUT2D eigenvalue weighted by Crippen LogP contribution is -2.38. The van der Waals surface area contributed by atoms with Crippen LogP contribution in [-0.4, -0.2) is 36.7 Å². The summed E-state index contributed by atoms with van der Waals surface area (Å²) in [7, 11) is 0. The number of amides is 2. The van der Waals surface area contributed by atoms with Gasteiger partial charge < -0.3 is 20.5 Å². The first-order valence-corrected chi connectivity index (χ1v) is 8.62. The third-order valence-electron chi connectivity index (χ3n) is 3.16. The number of thiophene rings is 1. The maximum atomic E-state index is 13.1. The fourth-order valence-corrected chi connectivity index (χ4v) is 2.84. The Morgan fingerprint density at radius 3 is 2.76 bits per heavy atom. The lowest BCUT2D eigenvalue weighted by molar-refractivity contribution is -0.136. The number of carbonyl (C=O) groups excluding carboxylic acids is 2. The molecule has 1 heterocycles. The first-order valence-electron chi connectivity index (χ1n) is 7.30. The Morgan fingerprint density at radius 1 is 1.32 bits per heavy atom. The van der Waals surface area contributed by atoms with Gasteiger partial charge in [-0.1, -0.05) is 11.6 Å². The number of hydrogen-bond donors (Lipinski definition) is 3. The predicted molar refractivity (Wildman–Crippen MR) is 93.1 cm³/mol. The van der Waals surface area contributed by atoms with E-state index >= 15 is 0 Å². The van der Waals surface area contributed by atoms with Gasteiger partial charge in [-0.2, -0.15) is 11.3 Å². The number of anilines is 1. The molecule has 1 aromatic heterocycles. The molecular weight excluding hydrogens is 371 g/mol. The van der Waals surface area contributed by atoms with Crippen LogP contribution in [0.2, 0.25) is 5.02 Å². The van der Waals surface area contributed by atoms with Gasteiger partial charge in [-0.15, -0.1) is 0 Å². The fourth-order valence-electron chi connectivity index (χ4n) is 1.95. The molecule has 0 aliphatic heterocycles. The molecule has 3 N–H and O–H groups in total. The van der Waals surface area contributed by atoms with Crippen LogP contribution in [-0.2, 0) is 14.3 Å². The van der Waals surface area contributed by atoms with Crippen LogP contribution in [0.15, 0.2) is 35.0 Å². The van der Waals surface area contributed by atoms with Crippen LogP contribution < -0.4 is 10.6 Å². The largest absolute Gasteiger partial charge is 0.394 e. The molecule has 0 aliphatic rings. The quantitative estimate of drug-likeness (QED) is 0.637. The topological polar surface area (TPSA) is 87.7 Å². The van der Waals surface area contributed by atoms with E-state index in [1.54, 1.807) is 0 Å². The molecule has 0 saturated heterocycles. The zero-order chi connectivity index (χ0) is 18.2. The van der Waals surface area contributed by atoms with Gasteiger partial charge in [0.15, 0.2) is 0 Å². The van der Waals surface area contributed by atoms with Crippen molar-refractivity contribution in [3.8, 4) is 0 Å². The van der Waals surface area contributed by atoms with E-state index in [1.807, 2.05) is 16.8 Å². The van der Waals surface area contributed by atoms with Gasteiger partial charge in [-0.3, -0.25) is 9.59 Å². The Bertz CT molecular complexity index is 727. The summed E-state index contributed by atoms with van der Waals surface area (Å²) in [5, 5.41) is 17.2. The molecule has 0 unspecified atom stereocenters. The molecule has 0 fully saturated rings. The highest BCUT2D eigenvalue weighted by Crippen LogP contribution is 2.20. The smallest absolute Gasteiger partial charge is 0.313 e. The second kappa shape index (κ2) is 9.47. The lowest BCUT2D eigenvalue weighted by Gasteiger charge is -2.17. The number of halogens is 2. The SMILES string of the molecule is O=C(NC[C@H](OCCO)c1ccsc1)C(=O)Nc1ccc(F)c(Cl)c1. The van der Waals surface area contributed by atoms with Gasteiger partial charge in [0.2, 0.25) is 0 Å². The van der Waals surface area contributed by atoms with E-state index in [-0.39, 0.29) is 30.5 Å². The van der Waals surface area contributed by atoms with Gasteiger partial charge >= 0.3 is 11.8 Å². The number of aliphatic hydroxyl groups is 1. The van der Waals surface area contributed by atoms with Crippen molar-refractivity contribution in [2.75, 3.05) is 25.1 Å². The van der Waals surface area contributed by atoms with Crippen LogP contribution in [0.25, 0.3) is 0 Å². The summed E-state index contributed by atoms with van der Waals surface area (Å²) in [5.41, 5.74) is 1.04. The van der Waals surface area contributed by atoms with Crippen molar-refractivity contribution in [3.63, 3.8) is 0 Å². The summed E-state index contributed by atoms with van der Waals surface area (Å²) in [6.45, 7) is 0.0181. The summed E-state index contributed by atoms with van der Waals surface area (Å²) in [4.78, 5) is 23.8. The first kappa shape index (κ1) is 19.3. The third kappa shape index (κ3) is 5.79. The van der Waals surface area contributed by atoms with Crippen molar-refractivity contribution in [3.05, 3.63) is 51.4 Å². The highest BCUT2D eigenvalue weighted by atomic mass is 35.5. The normalized spacial score (nSPS) is 11.8. The number of rotatable bonds is 7. The molecule has 0 bridgehead atoms. The molecule has 2 rings (SSSR count). The Kier molecular flexibility index (Phi) is 7.32. The van der Waals surface area contributed by atoms with Crippen LogP contribution >= 0.6 is 22.9 Å². The standard InChI is InChI=1S/C16H16ClFN2O4S/c17-12-7-11(1-2-13(12)18)20-16(23)15(22)19-8-14(24-5-4-21)10-3-6-25-9-10/h1-3,6-7,9,14,21H,4-5,8H2,(H,19,22)(H,20,23)/t14-/m0/s1. The molecule has 6 nitrogen and oxygen atoms in total. The molecule has 2 aromatic rings. The predicted octanol–water partition coefficient (Wildman–Crippen LogP) is 2.35. The van der Waals surface area contributed by atoms with Crippen molar-refractivity contribution >= 4 is 40.4 Å². The third-order valence-corrected chi connectivity index (χ3v) is 4.15. The molecular formula is C16H16ClFN2O4S. The molecule has 1 aromatic carbocycles. The van der Waals surface area contributed by atoms with Crippen LogP contribution in [0.4, 0.5) is 10.1 Å². The van der Waals surface area contributed by atoms with Crippen LogP contribution in [0, 0.1) is 5.82 Å². The highest BCUT2D eigenvalue weighted by Gasteiger charge is 2.18. The van der Waals surface area contributed by atoms with Crippen molar-refractivity contribution in [1.29, 1.82) is 0 Å². The number of aliphatic hydroxyl groups excluding tert-OH is 1. The molecule has 134 valence electrons. The molecule has 25 heavy (non-hydrogen) atoms. The maximum Gasteiger partial charge on any atom is 0.313 e. The monoisotopic (exact) mass is 386 g/mol. The summed E-state index contributed by atoms with van der Waals surface area (Å²) < 4.78 is 18.5. The van der Waals surface area contributed by atoms with Gasteiger partial charge in [0.05, 0.1) is 18.2 Å². The number of nitrogens with one attached hydrogen (secondary N) is 2.